The van der Waals surface area contributed by atoms with E-state index < -0.39 is 21.8 Å². The molecule has 0 unspecified atom stereocenters. The van der Waals surface area contributed by atoms with Gasteiger partial charge in [-0.1, -0.05) is 15.9 Å². The minimum Gasteiger partial charge on any atom is -0.495 e. The lowest BCUT2D eigenvalue weighted by molar-refractivity contribution is -0.137. The maximum atomic E-state index is 12.5. The van der Waals surface area contributed by atoms with Crippen molar-refractivity contribution >= 4 is 31.6 Å². The molecule has 0 bridgehead atoms. The van der Waals surface area contributed by atoms with Gasteiger partial charge in [-0.2, -0.15) is 13.2 Å². The molecule has 0 spiro atoms. The topological polar surface area (TPSA) is 55.4 Å². The highest BCUT2D eigenvalue weighted by molar-refractivity contribution is 9.10. The molecule has 4 nitrogen and oxygen atoms in total. The van der Waals surface area contributed by atoms with Gasteiger partial charge in [0.15, 0.2) is 0 Å². The number of hydrogen-bond acceptors (Lipinski definition) is 3. The van der Waals surface area contributed by atoms with Crippen molar-refractivity contribution in [3.8, 4) is 5.75 Å². The predicted molar refractivity (Wildman–Crippen MR) is 82.9 cm³/mol. The fourth-order valence-electron chi connectivity index (χ4n) is 1.80. The first-order valence-corrected chi connectivity index (χ1v) is 8.45. The average Bonchev–Trinajstić information content (AvgIpc) is 2.46. The second-order valence-electron chi connectivity index (χ2n) is 4.48. The zero-order valence-corrected chi connectivity index (χ0v) is 14.1. The maximum Gasteiger partial charge on any atom is 0.416 e. The van der Waals surface area contributed by atoms with E-state index in [1.54, 1.807) is 6.07 Å². The fraction of sp³-hybridized carbons (Fsp3) is 0.143. The molecule has 0 saturated carbocycles. The molecule has 0 aliphatic rings. The third kappa shape index (κ3) is 4.17. The summed E-state index contributed by atoms with van der Waals surface area (Å²) in [7, 11) is -2.69. The average molecular weight is 410 g/mol. The fourth-order valence-corrected chi connectivity index (χ4v) is 3.57. The minimum atomic E-state index is -4.48. The number of sulfonamides is 1. The second kappa shape index (κ2) is 6.40. The molecule has 23 heavy (non-hydrogen) atoms. The largest absolute Gasteiger partial charge is 0.495 e. The smallest absolute Gasteiger partial charge is 0.416 e. The highest BCUT2D eigenvalue weighted by Crippen LogP contribution is 2.31. The lowest BCUT2D eigenvalue weighted by Gasteiger charge is -2.13. The highest BCUT2D eigenvalue weighted by atomic mass is 79.9. The van der Waals surface area contributed by atoms with Crippen LogP contribution in [0.25, 0.3) is 0 Å². The highest BCUT2D eigenvalue weighted by Gasteiger charge is 2.30. The Kier molecular flexibility index (Phi) is 4.90. The van der Waals surface area contributed by atoms with Crippen molar-refractivity contribution in [2.24, 2.45) is 0 Å². The number of halogens is 4. The van der Waals surface area contributed by atoms with Gasteiger partial charge in [-0.25, -0.2) is 8.42 Å². The van der Waals surface area contributed by atoms with Crippen LogP contribution in [0.1, 0.15) is 5.56 Å². The molecular weight excluding hydrogens is 399 g/mol. The summed E-state index contributed by atoms with van der Waals surface area (Å²) in [5, 5.41) is 0. The number of anilines is 1. The molecule has 0 aliphatic heterocycles. The van der Waals surface area contributed by atoms with E-state index in [1.807, 2.05) is 0 Å². The van der Waals surface area contributed by atoms with E-state index in [9.17, 15) is 21.6 Å². The van der Waals surface area contributed by atoms with E-state index in [0.29, 0.717) is 4.47 Å². The van der Waals surface area contributed by atoms with Crippen molar-refractivity contribution in [2.45, 2.75) is 11.1 Å². The SMILES string of the molecule is COc1ccc(Br)cc1S(=O)(=O)Nc1ccc(C(F)(F)F)cc1. The number of ether oxygens (including phenoxy) is 1. The van der Waals surface area contributed by atoms with Crippen molar-refractivity contribution in [2.75, 3.05) is 11.8 Å². The molecule has 2 rings (SSSR count). The standard InChI is InChI=1S/C14H11BrF3NO3S/c1-22-12-7-4-10(15)8-13(12)23(20,21)19-11-5-2-9(3-6-11)14(16,17)18/h2-8,19H,1H3. The first-order valence-electron chi connectivity index (χ1n) is 6.17. The number of alkyl halides is 3. The van der Waals surface area contributed by atoms with Crippen LogP contribution in [0.2, 0.25) is 0 Å². The first-order chi connectivity index (χ1) is 10.6. The Morgan fingerprint density at radius 3 is 2.22 bits per heavy atom. The van der Waals surface area contributed by atoms with E-state index in [4.69, 9.17) is 4.74 Å². The molecule has 0 radical (unpaired) electrons. The molecule has 0 fully saturated rings. The molecule has 0 saturated heterocycles. The molecule has 9 heteroatoms. The van der Waals surface area contributed by atoms with Crippen LogP contribution in [-0.2, 0) is 16.2 Å². The Labute approximate surface area is 139 Å². The van der Waals surface area contributed by atoms with Crippen LogP contribution in [0.15, 0.2) is 51.8 Å². The number of rotatable bonds is 4. The summed E-state index contributed by atoms with van der Waals surface area (Å²) in [5.41, 5.74) is -0.847. The van der Waals surface area contributed by atoms with Gasteiger partial charge in [-0.15, -0.1) is 0 Å². The summed E-state index contributed by atoms with van der Waals surface area (Å²) in [6.07, 6.45) is -4.48. The Balaban J connectivity index is 2.34. The monoisotopic (exact) mass is 409 g/mol. The Morgan fingerprint density at radius 1 is 1.09 bits per heavy atom. The van der Waals surface area contributed by atoms with Crippen LogP contribution in [0.5, 0.6) is 5.75 Å². The van der Waals surface area contributed by atoms with E-state index in [0.717, 1.165) is 24.3 Å². The minimum absolute atomic E-state index is 0.0139. The normalized spacial score (nSPS) is 12.0. The second-order valence-corrected chi connectivity index (χ2v) is 7.04. The molecule has 0 aliphatic carbocycles. The van der Waals surface area contributed by atoms with Crippen molar-refractivity contribution in [1.29, 1.82) is 0 Å². The quantitative estimate of drug-likeness (QED) is 0.819. The maximum absolute atomic E-state index is 12.5. The zero-order chi connectivity index (χ0) is 17.3. The molecule has 0 atom stereocenters. The van der Waals surface area contributed by atoms with Gasteiger partial charge < -0.3 is 4.74 Å². The van der Waals surface area contributed by atoms with Crippen LogP contribution < -0.4 is 9.46 Å². The summed E-state index contributed by atoms with van der Waals surface area (Å²) in [6, 6.07) is 8.11. The van der Waals surface area contributed by atoms with Crippen LogP contribution in [0.3, 0.4) is 0 Å². The van der Waals surface area contributed by atoms with Gasteiger partial charge >= 0.3 is 6.18 Å². The summed E-state index contributed by atoms with van der Waals surface area (Å²) in [6.45, 7) is 0. The van der Waals surface area contributed by atoms with Crippen molar-refractivity contribution in [3.63, 3.8) is 0 Å². The van der Waals surface area contributed by atoms with Gasteiger partial charge in [-0.3, -0.25) is 4.72 Å². The van der Waals surface area contributed by atoms with E-state index in [-0.39, 0.29) is 16.3 Å². The molecule has 124 valence electrons. The Morgan fingerprint density at radius 2 is 1.70 bits per heavy atom. The Bertz CT molecular complexity index is 805. The molecule has 0 amide bonds. The summed E-state index contributed by atoms with van der Waals surface area (Å²) in [5.74, 6) is 0.118. The zero-order valence-electron chi connectivity index (χ0n) is 11.7. The van der Waals surface area contributed by atoms with Gasteiger partial charge in [0, 0.05) is 10.2 Å². The molecule has 2 aromatic carbocycles. The lowest BCUT2D eigenvalue weighted by Crippen LogP contribution is -2.14. The number of benzene rings is 2. The summed E-state index contributed by atoms with van der Waals surface area (Å²) < 4.78 is 70.0. The van der Waals surface area contributed by atoms with Crippen molar-refractivity contribution < 1.29 is 26.3 Å². The first kappa shape index (κ1) is 17.6. The summed E-state index contributed by atoms with van der Waals surface area (Å²) in [4.78, 5) is -0.130. The number of nitrogens with one attached hydrogen (secondary N) is 1. The molecule has 0 aromatic heterocycles. The van der Waals surface area contributed by atoms with Crippen molar-refractivity contribution in [1.82, 2.24) is 0 Å². The number of hydrogen-bond donors (Lipinski definition) is 1. The predicted octanol–water partition coefficient (Wildman–Crippen LogP) is 4.28. The number of methoxy groups -OCH3 is 1. The van der Waals surface area contributed by atoms with Gasteiger partial charge in [0.05, 0.1) is 12.7 Å². The van der Waals surface area contributed by atoms with Gasteiger partial charge in [0.25, 0.3) is 10.0 Å². The molecule has 0 heterocycles. The summed E-state index contributed by atoms with van der Waals surface area (Å²) >= 11 is 3.16. The van der Waals surface area contributed by atoms with Crippen LogP contribution >= 0.6 is 15.9 Å². The van der Waals surface area contributed by atoms with E-state index in [1.165, 1.54) is 19.2 Å². The third-order valence-electron chi connectivity index (χ3n) is 2.88. The Hall–Kier alpha value is -1.74. The van der Waals surface area contributed by atoms with Crippen LogP contribution in [0, 0.1) is 0 Å². The molecule has 2 aromatic rings. The van der Waals surface area contributed by atoms with Crippen LogP contribution in [0.4, 0.5) is 18.9 Å². The lowest BCUT2D eigenvalue weighted by atomic mass is 10.2. The van der Waals surface area contributed by atoms with Crippen LogP contribution in [-0.4, -0.2) is 15.5 Å². The molecule has 1 N–H and O–H groups in total. The van der Waals surface area contributed by atoms with Gasteiger partial charge in [0.2, 0.25) is 0 Å². The third-order valence-corrected chi connectivity index (χ3v) is 4.78. The van der Waals surface area contributed by atoms with E-state index >= 15 is 0 Å². The van der Waals surface area contributed by atoms with Gasteiger partial charge in [-0.05, 0) is 42.5 Å². The van der Waals surface area contributed by atoms with Crippen molar-refractivity contribution in [3.05, 3.63) is 52.5 Å². The van der Waals surface area contributed by atoms with E-state index in [2.05, 4.69) is 20.7 Å². The van der Waals surface area contributed by atoms with Gasteiger partial charge in [0.1, 0.15) is 10.6 Å². The molecular formula is C14H11BrF3NO3S.